The molecule has 0 aliphatic carbocycles. The number of aliphatic hydroxyl groups is 1. The molecule has 0 bridgehead atoms. The average molecular weight is 231 g/mol. The van der Waals surface area contributed by atoms with Crippen LogP contribution < -0.4 is 0 Å². The summed E-state index contributed by atoms with van der Waals surface area (Å²) in [7, 11) is 1.51. The molecule has 1 aliphatic heterocycles. The molecule has 2 atom stereocenters. The number of aliphatic carboxylic acids is 1. The molecule has 0 saturated carbocycles. The van der Waals surface area contributed by atoms with Gasteiger partial charge in [-0.15, -0.1) is 0 Å². The zero-order valence-electron chi connectivity index (χ0n) is 9.76. The van der Waals surface area contributed by atoms with Crippen LogP contribution in [0.25, 0.3) is 0 Å². The Labute approximate surface area is 96.0 Å². The zero-order valence-corrected chi connectivity index (χ0v) is 9.76. The maximum Gasteiger partial charge on any atom is 0.323 e. The van der Waals surface area contributed by atoms with Crippen LogP contribution in [-0.4, -0.2) is 60.0 Å². The normalized spacial score (nSPS) is 24.2. The van der Waals surface area contributed by atoms with E-state index < -0.39 is 12.0 Å². The molecule has 0 aromatic carbocycles. The van der Waals surface area contributed by atoms with E-state index in [9.17, 15) is 4.79 Å². The van der Waals surface area contributed by atoms with Gasteiger partial charge >= 0.3 is 5.97 Å². The number of hydrogen-bond acceptors (Lipinski definition) is 4. The molecule has 94 valence electrons. The minimum Gasteiger partial charge on any atom is -0.480 e. The maximum atomic E-state index is 11.2. The third-order valence-electron chi connectivity index (χ3n) is 3.14. The number of likely N-dealkylation sites (tertiary alicyclic amines) is 1. The average Bonchev–Trinajstić information content (AvgIpc) is 2.27. The first-order valence-electron chi connectivity index (χ1n) is 5.79. The molecule has 5 heteroatoms. The lowest BCUT2D eigenvalue weighted by Gasteiger charge is -2.39. The fourth-order valence-electron chi connectivity index (χ4n) is 2.36. The Hall–Kier alpha value is -0.650. The van der Waals surface area contributed by atoms with Gasteiger partial charge in [0.15, 0.2) is 0 Å². The van der Waals surface area contributed by atoms with E-state index >= 15 is 0 Å². The van der Waals surface area contributed by atoms with Gasteiger partial charge in [-0.1, -0.05) is 6.42 Å². The number of aliphatic hydroxyl groups excluding tert-OH is 1. The first-order chi connectivity index (χ1) is 7.70. The highest BCUT2D eigenvalue weighted by Gasteiger charge is 2.32. The van der Waals surface area contributed by atoms with Crippen molar-refractivity contribution in [1.82, 2.24) is 4.90 Å². The van der Waals surface area contributed by atoms with Crippen molar-refractivity contribution in [3.63, 3.8) is 0 Å². The summed E-state index contributed by atoms with van der Waals surface area (Å²) in [6.07, 6.45) is 3.75. The van der Waals surface area contributed by atoms with Crippen LogP contribution in [0.5, 0.6) is 0 Å². The predicted octanol–water partition coefficient (Wildman–Crippen LogP) is 0.323. The van der Waals surface area contributed by atoms with Crippen LogP contribution in [0.15, 0.2) is 0 Å². The number of carboxylic acids is 1. The van der Waals surface area contributed by atoms with Crippen LogP contribution in [0.2, 0.25) is 0 Å². The van der Waals surface area contributed by atoms with E-state index in [0.29, 0.717) is 6.42 Å². The lowest BCUT2D eigenvalue weighted by Crippen LogP contribution is -2.52. The van der Waals surface area contributed by atoms with E-state index in [2.05, 4.69) is 0 Å². The summed E-state index contributed by atoms with van der Waals surface area (Å²) in [6.45, 7) is 1.10. The SMILES string of the molecule is COCC(C(=O)O)N1CCCCC1CCO. The summed E-state index contributed by atoms with van der Waals surface area (Å²) < 4.78 is 4.96. The van der Waals surface area contributed by atoms with Crippen molar-refractivity contribution in [3.8, 4) is 0 Å². The molecule has 1 rings (SSSR count). The Morgan fingerprint density at radius 1 is 1.56 bits per heavy atom. The zero-order chi connectivity index (χ0) is 12.0. The molecule has 16 heavy (non-hydrogen) atoms. The second kappa shape index (κ2) is 6.83. The third-order valence-corrected chi connectivity index (χ3v) is 3.14. The van der Waals surface area contributed by atoms with Crippen molar-refractivity contribution in [2.24, 2.45) is 0 Å². The predicted molar refractivity (Wildman–Crippen MR) is 59.3 cm³/mol. The Bertz CT molecular complexity index is 220. The van der Waals surface area contributed by atoms with Crippen molar-refractivity contribution in [2.75, 3.05) is 26.9 Å². The molecule has 5 nitrogen and oxygen atoms in total. The quantitative estimate of drug-likeness (QED) is 0.689. The van der Waals surface area contributed by atoms with Crippen LogP contribution in [0, 0.1) is 0 Å². The molecule has 0 amide bonds. The van der Waals surface area contributed by atoms with Gasteiger partial charge in [-0.05, 0) is 25.8 Å². The van der Waals surface area contributed by atoms with Crippen LogP contribution in [0.3, 0.4) is 0 Å². The number of carboxylic acid groups (broad SMARTS) is 1. The van der Waals surface area contributed by atoms with Gasteiger partial charge in [0, 0.05) is 19.8 Å². The van der Waals surface area contributed by atoms with Crippen LogP contribution in [-0.2, 0) is 9.53 Å². The number of ether oxygens (including phenoxy) is 1. The lowest BCUT2D eigenvalue weighted by molar-refractivity contribution is -0.147. The van der Waals surface area contributed by atoms with Gasteiger partial charge in [0.2, 0.25) is 0 Å². The Morgan fingerprint density at radius 3 is 2.88 bits per heavy atom. The second-order valence-electron chi connectivity index (χ2n) is 4.21. The van der Waals surface area contributed by atoms with Crippen LogP contribution >= 0.6 is 0 Å². The largest absolute Gasteiger partial charge is 0.480 e. The van der Waals surface area contributed by atoms with Gasteiger partial charge in [0.25, 0.3) is 0 Å². The van der Waals surface area contributed by atoms with Gasteiger partial charge in [-0.2, -0.15) is 0 Å². The number of rotatable bonds is 6. The van der Waals surface area contributed by atoms with Crippen molar-refractivity contribution in [2.45, 2.75) is 37.8 Å². The summed E-state index contributed by atoms with van der Waals surface area (Å²) in [4.78, 5) is 13.1. The van der Waals surface area contributed by atoms with Gasteiger partial charge in [0.1, 0.15) is 6.04 Å². The summed E-state index contributed by atoms with van der Waals surface area (Å²) in [6, 6.07) is -0.406. The van der Waals surface area contributed by atoms with Crippen LogP contribution in [0.4, 0.5) is 0 Å². The number of carbonyl (C=O) groups is 1. The first kappa shape index (κ1) is 13.4. The molecular formula is C11H21NO4. The Balaban J connectivity index is 2.66. The molecule has 1 saturated heterocycles. The second-order valence-corrected chi connectivity index (χ2v) is 4.21. The van der Waals surface area contributed by atoms with Crippen molar-refractivity contribution in [1.29, 1.82) is 0 Å². The standard InChI is InChI=1S/C11H21NO4/c1-16-8-10(11(14)15)12-6-3-2-4-9(12)5-7-13/h9-10,13H,2-8H2,1H3,(H,14,15). The minimum atomic E-state index is -0.841. The summed E-state index contributed by atoms with van der Waals surface area (Å²) in [5.74, 6) is -0.841. The highest BCUT2D eigenvalue weighted by Crippen LogP contribution is 2.22. The van der Waals surface area contributed by atoms with Crippen LogP contribution in [0.1, 0.15) is 25.7 Å². The first-order valence-corrected chi connectivity index (χ1v) is 5.79. The molecule has 0 aromatic rings. The smallest absolute Gasteiger partial charge is 0.323 e. The van der Waals surface area contributed by atoms with Crippen molar-refractivity contribution >= 4 is 5.97 Å². The molecule has 1 fully saturated rings. The Kier molecular flexibility index (Phi) is 5.73. The van der Waals surface area contributed by atoms with E-state index in [1.54, 1.807) is 0 Å². The van der Waals surface area contributed by atoms with Gasteiger partial charge in [-0.25, -0.2) is 0 Å². The number of methoxy groups -OCH3 is 1. The van der Waals surface area contributed by atoms with Gasteiger partial charge in [-0.3, -0.25) is 9.69 Å². The molecule has 0 spiro atoms. The van der Waals surface area contributed by atoms with E-state index in [1.165, 1.54) is 7.11 Å². The van der Waals surface area contributed by atoms with Crippen molar-refractivity contribution < 1.29 is 19.7 Å². The molecule has 0 radical (unpaired) electrons. The molecule has 2 N–H and O–H groups in total. The molecule has 0 aromatic heterocycles. The molecular weight excluding hydrogens is 210 g/mol. The third kappa shape index (κ3) is 3.43. The van der Waals surface area contributed by atoms with E-state index in [-0.39, 0.29) is 19.3 Å². The lowest BCUT2D eigenvalue weighted by atomic mass is 9.97. The topological polar surface area (TPSA) is 70.0 Å². The fourth-order valence-corrected chi connectivity index (χ4v) is 2.36. The number of piperidine rings is 1. The Morgan fingerprint density at radius 2 is 2.31 bits per heavy atom. The van der Waals surface area contributed by atoms with Gasteiger partial charge in [0.05, 0.1) is 6.61 Å². The highest BCUT2D eigenvalue weighted by atomic mass is 16.5. The fraction of sp³-hybridized carbons (Fsp3) is 0.909. The van der Waals surface area contributed by atoms with E-state index in [1.807, 2.05) is 4.90 Å². The minimum absolute atomic E-state index is 0.112. The number of nitrogens with zero attached hydrogens (tertiary/aromatic N) is 1. The van der Waals surface area contributed by atoms with Gasteiger partial charge < -0.3 is 14.9 Å². The monoisotopic (exact) mass is 231 g/mol. The maximum absolute atomic E-state index is 11.2. The summed E-state index contributed by atoms with van der Waals surface area (Å²) in [5, 5.41) is 18.1. The molecule has 1 aliphatic rings. The highest BCUT2D eigenvalue weighted by molar-refractivity contribution is 5.73. The van der Waals surface area contributed by atoms with E-state index in [0.717, 1.165) is 25.8 Å². The molecule has 2 unspecified atom stereocenters. The number of hydrogen-bond donors (Lipinski definition) is 2. The van der Waals surface area contributed by atoms with E-state index in [4.69, 9.17) is 14.9 Å². The van der Waals surface area contributed by atoms with Crippen molar-refractivity contribution in [3.05, 3.63) is 0 Å². The summed E-state index contributed by atoms with van der Waals surface area (Å²) in [5.41, 5.74) is 0. The summed E-state index contributed by atoms with van der Waals surface area (Å²) >= 11 is 0. The molecule has 1 heterocycles.